The SMILES string of the molecule is COc1cc2c(cc1C(=O)NCc1ccncc1)-c1[nH]nc(-c3ccc(-c4ccc(O)cc4)cc3)c1C2. The lowest BCUT2D eigenvalue weighted by Gasteiger charge is -2.12. The fourth-order valence-electron chi connectivity index (χ4n) is 4.79. The second-order valence-corrected chi connectivity index (χ2v) is 8.97. The van der Waals surface area contributed by atoms with Gasteiger partial charge >= 0.3 is 0 Å². The molecule has 1 aliphatic rings. The van der Waals surface area contributed by atoms with Gasteiger partial charge in [0.05, 0.1) is 24.1 Å². The number of H-pyrrole nitrogens is 1. The number of pyridine rings is 1. The van der Waals surface area contributed by atoms with Crippen LogP contribution in [0.2, 0.25) is 0 Å². The minimum atomic E-state index is -0.200. The summed E-state index contributed by atoms with van der Waals surface area (Å²) in [5, 5.41) is 20.3. The van der Waals surface area contributed by atoms with Gasteiger partial charge in [-0.1, -0.05) is 36.4 Å². The van der Waals surface area contributed by atoms with Gasteiger partial charge in [0.2, 0.25) is 0 Å². The van der Waals surface area contributed by atoms with Crippen LogP contribution >= 0.6 is 0 Å². The van der Waals surface area contributed by atoms with E-state index in [-0.39, 0.29) is 11.7 Å². The average molecular weight is 489 g/mol. The second-order valence-electron chi connectivity index (χ2n) is 8.97. The van der Waals surface area contributed by atoms with Crippen molar-refractivity contribution in [3.05, 3.63) is 107 Å². The number of hydrogen-bond acceptors (Lipinski definition) is 5. The number of aromatic amines is 1. The summed E-state index contributed by atoms with van der Waals surface area (Å²) in [5.74, 6) is 0.594. The number of hydrogen-bond donors (Lipinski definition) is 3. The van der Waals surface area contributed by atoms with Gasteiger partial charge in [0, 0.05) is 42.0 Å². The van der Waals surface area contributed by atoms with E-state index in [0.29, 0.717) is 24.3 Å². The Morgan fingerprint density at radius 3 is 2.35 bits per heavy atom. The van der Waals surface area contributed by atoms with Crippen molar-refractivity contribution in [2.24, 2.45) is 0 Å². The first-order valence-electron chi connectivity index (χ1n) is 12.0. The van der Waals surface area contributed by atoms with Crippen LogP contribution in [0, 0.1) is 0 Å². The van der Waals surface area contributed by atoms with E-state index in [0.717, 1.165) is 50.3 Å². The van der Waals surface area contributed by atoms with Gasteiger partial charge in [0.25, 0.3) is 5.91 Å². The monoisotopic (exact) mass is 488 g/mol. The zero-order chi connectivity index (χ0) is 25.4. The quantitative estimate of drug-likeness (QED) is 0.293. The molecule has 3 aromatic carbocycles. The lowest BCUT2D eigenvalue weighted by molar-refractivity contribution is 0.0948. The highest BCUT2D eigenvalue weighted by molar-refractivity contribution is 5.99. The summed E-state index contributed by atoms with van der Waals surface area (Å²) in [7, 11) is 1.58. The van der Waals surface area contributed by atoms with E-state index >= 15 is 0 Å². The lowest BCUT2D eigenvalue weighted by Crippen LogP contribution is -2.23. The lowest BCUT2D eigenvalue weighted by atomic mass is 10.0. The van der Waals surface area contributed by atoms with Crippen molar-refractivity contribution in [3.8, 4) is 45.1 Å². The number of fused-ring (bicyclic) bond motifs is 3. The Balaban J connectivity index is 1.28. The molecule has 182 valence electrons. The Bertz CT molecular complexity index is 1590. The normalized spacial score (nSPS) is 11.6. The zero-order valence-corrected chi connectivity index (χ0v) is 20.2. The number of aromatic hydroxyl groups is 1. The Morgan fingerprint density at radius 1 is 0.973 bits per heavy atom. The van der Waals surface area contributed by atoms with Crippen molar-refractivity contribution in [2.75, 3.05) is 7.11 Å². The Labute approximate surface area is 213 Å². The molecule has 1 aliphatic carbocycles. The van der Waals surface area contributed by atoms with Crippen LogP contribution in [0.3, 0.4) is 0 Å². The topological polar surface area (TPSA) is 100 Å². The number of benzene rings is 3. The van der Waals surface area contributed by atoms with E-state index in [2.05, 4.69) is 44.8 Å². The third-order valence-electron chi connectivity index (χ3n) is 6.74. The standard InChI is InChI=1S/C30H24N4O3/c1-37-27-15-22-14-26-28(21-4-2-19(3-5-21)20-6-8-23(35)9-7-20)33-34-29(26)24(22)16-25(27)30(36)32-17-18-10-12-31-13-11-18/h2-13,15-16,35H,14,17H2,1H3,(H,32,36)(H,33,34). The van der Waals surface area contributed by atoms with Gasteiger partial charge in [-0.15, -0.1) is 0 Å². The number of nitrogens with one attached hydrogen (secondary N) is 2. The Kier molecular flexibility index (Phi) is 5.65. The number of rotatable bonds is 6. The number of carbonyl (C=O) groups excluding carboxylic acids is 1. The molecule has 0 atom stereocenters. The first-order valence-corrected chi connectivity index (χ1v) is 12.0. The molecule has 7 nitrogen and oxygen atoms in total. The van der Waals surface area contributed by atoms with Gasteiger partial charge in [0.1, 0.15) is 11.5 Å². The highest BCUT2D eigenvalue weighted by atomic mass is 16.5. The molecule has 6 rings (SSSR count). The van der Waals surface area contributed by atoms with Crippen LogP contribution in [0.25, 0.3) is 33.6 Å². The van der Waals surface area contributed by atoms with Crippen LogP contribution in [0.5, 0.6) is 11.5 Å². The van der Waals surface area contributed by atoms with Crippen molar-refractivity contribution in [3.63, 3.8) is 0 Å². The molecule has 0 saturated carbocycles. The van der Waals surface area contributed by atoms with Crippen LogP contribution in [-0.2, 0) is 13.0 Å². The van der Waals surface area contributed by atoms with Crippen molar-refractivity contribution in [1.82, 2.24) is 20.5 Å². The van der Waals surface area contributed by atoms with Crippen molar-refractivity contribution >= 4 is 5.91 Å². The second kappa shape index (κ2) is 9.28. The summed E-state index contributed by atoms with van der Waals surface area (Å²) in [6.45, 7) is 0.404. The number of methoxy groups -OCH3 is 1. The molecule has 7 heteroatoms. The molecule has 37 heavy (non-hydrogen) atoms. The van der Waals surface area contributed by atoms with Crippen LogP contribution in [0.1, 0.15) is 27.0 Å². The molecule has 0 spiro atoms. The van der Waals surface area contributed by atoms with Crippen LogP contribution < -0.4 is 10.1 Å². The smallest absolute Gasteiger partial charge is 0.255 e. The zero-order valence-electron chi connectivity index (χ0n) is 20.2. The minimum absolute atomic E-state index is 0.200. The summed E-state index contributed by atoms with van der Waals surface area (Å²) in [5.41, 5.74) is 9.54. The molecule has 0 saturated heterocycles. The van der Waals surface area contributed by atoms with Gasteiger partial charge < -0.3 is 15.2 Å². The first-order chi connectivity index (χ1) is 18.1. The van der Waals surface area contributed by atoms with E-state index in [1.165, 1.54) is 0 Å². The maximum atomic E-state index is 13.1. The van der Waals surface area contributed by atoms with Gasteiger partial charge in [-0.25, -0.2) is 0 Å². The van der Waals surface area contributed by atoms with E-state index in [1.807, 2.05) is 36.4 Å². The van der Waals surface area contributed by atoms with Crippen molar-refractivity contribution < 1.29 is 14.6 Å². The van der Waals surface area contributed by atoms with Crippen LogP contribution in [0.4, 0.5) is 0 Å². The summed E-state index contributed by atoms with van der Waals surface area (Å²) >= 11 is 0. The molecule has 0 unspecified atom stereocenters. The number of phenols is 1. The molecule has 5 aromatic rings. The Morgan fingerprint density at radius 2 is 1.65 bits per heavy atom. The maximum Gasteiger partial charge on any atom is 0.255 e. The van der Waals surface area contributed by atoms with E-state index < -0.39 is 0 Å². The predicted molar refractivity (Wildman–Crippen MR) is 141 cm³/mol. The van der Waals surface area contributed by atoms with E-state index in [9.17, 15) is 9.90 Å². The molecule has 0 fully saturated rings. The van der Waals surface area contributed by atoms with Gasteiger partial charge in [0.15, 0.2) is 0 Å². The number of carbonyl (C=O) groups is 1. The number of nitrogens with zero attached hydrogens (tertiary/aromatic N) is 2. The maximum absolute atomic E-state index is 13.1. The highest BCUT2D eigenvalue weighted by Gasteiger charge is 2.28. The first kappa shape index (κ1) is 22.5. The van der Waals surface area contributed by atoms with E-state index in [4.69, 9.17) is 4.74 Å². The summed E-state index contributed by atoms with van der Waals surface area (Å²) in [4.78, 5) is 17.1. The number of aromatic nitrogens is 3. The summed E-state index contributed by atoms with van der Waals surface area (Å²) in [6.07, 6.45) is 4.11. The molecule has 2 aromatic heterocycles. The van der Waals surface area contributed by atoms with Crippen LogP contribution in [0.15, 0.2) is 85.2 Å². The fourth-order valence-corrected chi connectivity index (χ4v) is 4.79. The molecular formula is C30H24N4O3. The molecule has 0 aliphatic heterocycles. The predicted octanol–water partition coefficient (Wildman–Crippen LogP) is 5.35. The van der Waals surface area contributed by atoms with Gasteiger partial charge in [-0.2, -0.15) is 5.10 Å². The van der Waals surface area contributed by atoms with E-state index in [1.54, 1.807) is 31.6 Å². The molecular weight excluding hydrogens is 464 g/mol. The van der Waals surface area contributed by atoms with Crippen molar-refractivity contribution in [2.45, 2.75) is 13.0 Å². The third kappa shape index (κ3) is 4.21. The summed E-state index contributed by atoms with van der Waals surface area (Å²) < 4.78 is 5.58. The molecule has 2 heterocycles. The molecule has 3 N–H and O–H groups in total. The van der Waals surface area contributed by atoms with Crippen molar-refractivity contribution in [1.29, 1.82) is 0 Å². The summed E-state index contributed by atoms with van der Waals surface area (Å²) in [6, 6.07) is 23.0. The highest BCUT2D eigenvalue weighted by Crippen LogP contribution is 2.43. The molecule has 1 amide bonds. The van der Waals surface area contributed by atoms with Crippen LogP contribution in [-0.4, -0.2) is 33.3 Å². The van der Waals surface area contributed by atoms with Gasteiger partial charge in [-0.05, 0) is 58.7 Å². The largest absolute Gasteiger partial charge is 0.508 e. The average Bonchev–Trinajstić information content (AvgIpc) is 3.51. The van der Waals surface area contributed by atoms with Gasteiger partial charge in [-0.3, -0.25) is 14.9 Å². The molecule has 0 bridgehead atoms. The molecule has 0 radical (unpaired) electrons. The number of ether oxygens (including phenoxy) is 1. The third-order valence-corrected chi connectivity index (χ3v) is 6.74. The minimum Gasteiger partial charge on any atom is -0.508 e. The number of amides is 1. The number of phenolic OH excluding ortho intramolecular Hbond substituents is 1. The fraction of sp³-hybridized carbons (Fsp3) is 0.100. The Hall–Kier alpha value is -4.91.